The van der Waals surface area contributed by atoms with Crippen molar-refractivity contribution in [2.45, 2.75) is 113 Å². The third kappa shape index (κ3) is 22.7. The van der Waals surface area contributed by atoms with Gasteiger partial charge in [0.05, 0.1) is 5.52 Å². The van der Waals surface area contributed by atoms with Gasteiger partial charge in [-0.25, -0.2) is 0 Å². The molecule has 0 spiro atoms. The molecule has 0 aliphatic carbocycles. The summed E-state index contributed by atoms with van der Waals surface area (Å²) in [6, 6.07) is 10.4. The number of pyridine rings is 1. The SMILES string of the molecule is C1CCNCC1.C1CNCCN1.CC(C)(C)N1CCC1.CC(C)C.CC(C)C.CC(C)c1cccc2ncccc12. The predicted octanol–water partition coefficient (Wildman–Crippen LogP) is 8.11. The molecule has 0 unspecified atom stereocenters. The number of rotatable bonds is 1. The quantitative estimate of drug-likeness (QED) is 0.323. The van der Waals surface area contributed by atoms with E-state index in [-0.39, 0.29) is 0 Å². The summed E-state index contributed by atoms with van der Waals surface area (Å²) in [7, 11) is 0. The van der Waals surface area contributed by atoms with E-state index in [2.05, 4.69) is 126 Å². The summed E-state index contributed by atoms with van der Waals surface area (Å²) in [6.45, 7) is 33.9. The highest BCUT2D eigenvalue weighted by Crippen LogP contribution is 2.23. The smallest absolute Gasteiger partial charge is 0.0704 e. The first kappa shape index (κ1) is 39.5. The van der Waals surface area contributed by atoms with Crippen LogP contribution in [0.15, 0.2) is 36.5 Å². The summed E-state index contributed by atoms with van der Waals surface area (Å²) in [5.41, 5.74) is 2.90. The molecule has 1 aromatic heterocycles. The maximum atomic E-state index is 4.32. The van der Waals surface area contributed by atoms with Crippen LogP contribution in [0.3, 0.4) is 0 Å². The average molecular weight is 572 g/mol. The number of nitrogens with zero attached hydrogens (tertiary/aromatic N) is 2. The number of hydrogen-bond acceptors (Lipinski definition) is 5. The third-order valence-electron chi connectivity index (χ3n) is 6.27. The van der Waals surface area contributed by atoms with Crippen molar-refractivity contribution in [2.24, 2.45) is 11.8 Å². The van der Waals surface area contributed by atoms with Crippen molar-refractivity contribution in [1.82, 2.24) is 25.8 Å². The summed E-state index contributed by atoms with van der Waals surface area (Å²) in [5, 5.41) is 11.0. The number of piperazine rings is 1. The minimum absolute atomic E-state index is 0.429. The van der Waals surface area contributed by atoms with Crippen molar-refractivity contribution in [3.8, 4) is 0 Å². The Kier molecular flexibility index (Phi) is 23.1. The van der Waals surface area contributed by atoms with Gasteiger partial charge >= 0.3 is 0 Å². The van der Waals surface area contributed by atoms with Gasteiger partial charge < -0.3 is 16.0 Å². The lowest BCUT2D eigenvalue weighted by Crippen LogP contribution is -2.49. The molecule has 5 nitrogen and oxygen atoms in total. The fourth-order valence-corrected chi connectivity index (χ4v) is 4.02. The van der Waals surface area contributed by atoms with Gasteiger partial charge in [0.15, 0.2) is 0 Å². The van der Waals surface area contributed by atoms with E-state index in [4.69, 9.17) is 0 Å². The molecular weight excluding hydrogens is 502 g/mol. The number of hydrogen-bond donors (Lipinski definition) is 3. The highest BCUT2D eigenvalue weighted by molar-refractivity contribution is 5.82. The minimum atomic E-state index is 0.429. The lowest BCUT2D eigenvalue weighted by Gasteiger charge is -2.42. The molecule has 3 fully saturated rings. The van der Waals surface area contributed by atoms with E-state index < -0.39 is 0 Å². The maximum absolute atomic E-state index is 4.32. The lowest BCUT2D eigenvalue weighted by atomic mass is 9.98. The van der Waals surface area contributed by atoms with Crippen molar-refractivity contribution in [1.29, 1.82) is 0 Å². The number of benzene rings is 1. The van der Waals surface area contributed by atoms with Crippen LogP contribution >= 0.6 is 0 Å². The van der Waals surface area contributed by atoms with E-state index in [0.717, 1.165) is 43.5 Å². The van der Waals surface area contributed by atoms with E-state index >= 15 is 0 Å². The number of nitrogens with one attached hydrogen (secondary N) is 3. The van der Waals surface area contributed by atoms with Crippen LogP contribution in [0, 0.1) is 11.8 Å². The molecule has 0 saturated carbocycles. The van der Waals surface area contributed by atoms with Crippen LogP contribution in [-0.4, -0.2) is 67.8 Å². The molecule has 0 bridgehead atoms. The van der Waals surface area contributed by atoms with Crippen LogP contribution in [0.2, 0.25) is 0 Å². The molecule has 41 heavy (non-hydrogen) atoms. The Morgan fingerprint density at radius 3 is 1.41 bits per heavy atom. The molecule has 4 heterocycles. The van der Waals surface area contributed by atoms with Crippen LogP contribution in [0.5, 0.6) is 0 Å². The Balaban J connectivity index is 0.000000499. The van der Waals surface area contributed by atoms with Crippen LogP contribution in [0.1, 0.15) is 113 Å². The average Bonchev–Trinajstić information content (AvgIpc) is 2.89. The van der Waals surface area contributed by atoms with Crippen LogP contribution in [0.4, 0.5) is 0 Å². The van der Waals surface area contributed by atoms with E-state index in [9.17, 15) is 0 Å². The van der Waals surface area contributed by atoms with Crippen molar-refractivity contribution in [3.05, 3.63) is 42.1 Å². The van der Waals surface area contributed by atoms with Crippen LogP contribution in [0.25, 0.3) is 10.9 Å². The van der Waals surface area contributed by atoms with Crippen molar-refractivity contribution in [2.75, 3.05) is 52.4 Å². The zero-order valence-corrected chi connectivity index (χ0v) is 29.1. The Labute approximate surface area is 256 Å². The molecule has 3 aliphatic heterocycles. The number of piperidine rings is 1. The lowest BCUT2D eigenvalue weighted by molar-refractivity contribution is 0.0690. The first-order valence-electron chi connectivity index (χ1n) is 16.6. The highest BCUT2D eigenvalue weighted by atomic mass is 15.2. The zero-order valence-electron chi connectivity index (χ0n) is 29.1. The van der Waals surface area contributed by atoms with Gasteiger partial charge in [0.2, 0.25) is 0 Å². The Morgan fingerprint density at radius 1 is 0.634 bits per heavy atom. The largest absolute Gasteiger partial charge is 0.317 e. The number of aromatic nitrogens is 1. The summed E-state index contributed by atoms with van der Waals surface area (Å²) in [6.07, 6.45) is 7.46. The van der Waals surface area contributed by atoms with Gasteiger partial charge in [0.1, 0.15) is 0 Å². The number of fused-ring (bicyclic) bond motifs is 1. The summed E-state index contributed by atoms with van der Waals surface area (Å²) >= 11 is 0. The molecule has 238 valence electrons. The second-order valence-electron chi connectivity index (χ2n) is 13.9. The molecule has 5 heteroatoms. The minimum Gasteiger partial charge on any atom is -0.317 e. The summed E-state index contributed by atoms with van der Waals surface area (Å²) < 4.78 is 0. The predicted molar refractivity (Wildman–Crippen MR) is 185 cm³/mol. The van der Waals surface area contributed by atoms with Gasteiger partial charge in [0.25, 0.3) is 0 Å². The van der Waals surface area contributed by atoms with Crippen LogP contribution in [-0.2, 0) is 0 Å². The molecule has 0 amide bonds. The second kappa shape index (κ2) is 24.0. The van der Waals surface area contributed by atoms with Gasteiger partial charge in [-0.1, -0.05) is 80.0 Å². The fraction of sp³-hybridized carbons (Fsp3) is 0.750. The Hall–Kier alpha value is -1.53. The Bertz CT molecular complexity index is 793. The zero-order chi connectivity index (χ0) is 31.1. The first-order chi connectivity index (χ1) is 19.4. The van der Waals surface area contributed by atoms with E-state index in [0.29, 0.717) is 11.5 Å². The van der Waals surface area contributed by atoms with Gasteiger partial charge in [0, 0.05) is 43.3 Å². The van der Waals surface area contributed by atoms with Crippen molar-refractivity contribution in [3.63, 3.8) is 0 Å². The van der Waals surface area contributed by atoms with E-state index in [1.807, 2.05) is 12.3 Å². The van der Waals surface area contributed by atoms with Gasteiger partial charge in [-0.05, 0) is 102 Å². The molecular formula is C36H69N5. The maximum Gasteiger partial charge on any atom is 0.0704 e. The highest BCUT2D eigenvalue weighted by Gasteiger charge is 2.25. The molecule has 0 radical (unpaired) electrons. The fourth-order valence-electron chi connectivity index (χ4n) is 4.02. The standard InChI is InChI=1S/C12H13N.C7H15N.C5H11N.C4H10N2.2C4H10/c1-9(2)10-5-3-7-12-11(10)6-4-8-13-12;1-7(2,3)8-5-4-6-8;1-2-4-6-5-3-1;1-2-6-4-3-5-1;2*1-4(2)3/h3-9H,1-2H3;4-6H2,1-3H3;6H,1-5H2;5-6H,1-4H2;2*4H,1-3H3. The van der Waals surface area contributed by atoms with E-state index in [1.54, 1.807) is 0 Å². The monoisotopic (exact) mass is 572 g/mol. The molecule has 5 rings (SSSR count). The van der Waals surface area contributed by atoms with Gasteiger partial charge in [-0.15, -0.1) is 0 Å². The third-order valence-corrected chi connectivity index (χ3v) is 6.27. The molecule has 0 atom stereocenters. The normalized spacial score (nSPS) is 16.7. The molecule has 3 N–H and O–H groups in total. The topological polar surface area (TPSA) is 52.2 Å². The second-order valence-corrected chi connectivity index (χ2v) is 13.9. The first-order valence-corrected chi connectivity index (χ1v) is 16.6. The number of likely N-dealkylation sites (tertiary alicyclic amines) is 1. The molecule has 3 aliphatic rings. The molecule has 3 saturated heterocycles. The van der Waals surface area contributed by atoms with Crippen molar-refractivity contribution >= 4 is 10.9 Å². The van der Waals surface area contributed by atoms with Crippen molar-refractivity contribution < 1.29 is 0 Å². The van der Waals surface area contributed by atoms with E-state index in [1.165, 1.54) is 62.8 Å². The van der Waals surface area contributed by atoms with Gasteiger partial charge in [-0.3, -0.25) is 9.88 Å². The molecule has 2 aromatic rings. The van der Waals surface area contributed by atoms with Crippen LogP contribution < -0.4 is 16.0 Å². The Morgan fingerprint density at radius 2 is 1.12 bits per heavy atom. The summed E-state index contributed by atoms with van der Waals surface area (Å²) in [5.74, 6) is 2.23. The summed E-state index contributed by atoms with van der Waals surface area (Å²) in [4.78, 5) is 6.82. The molecule has 1 aromatic carbocycles. The van der Waals surface area contributed by atoms with Gasteiger partial charge in [-0.2, -0.15) is 0 Å².